The highest BCUT2D eigenvalue weighted by atomic mass is 79.9. The lowest BCUT2D eigenvalue weighted by Crippen LogP contribution is -2.18. The van der Waals surface area contributed by atoms with Crippen molar-refractivity contribution in [3.8, 4) is 11.5 Å². The van der Waals surface area contributed by atoms with Crippen LogP contribution in [-0.4, -0.2) is 19.1 Å². The van der Waals surface area contributed by atoms with Gasteiger partial charge in [0.25, 0.3) is 0 Å². The van der Waals surface area contributed by atoms with Gasteiger partial charge >= 0.3 is 0 Å². The molecule has 1 saturated carbocycles. The van der Waals surface area contributed by atoms with E-state index in [1.807, 2.05) is 30.3 Å². The molecule has 0 bridgehead atoms. The van der Waals surface area contributed by atoms with E-state index in [9.17, 15) is 4.79 Å². The fraction of sp³-hybridized carbons (Fsp3) is 0.278. The van der Waals surface area contributed by atoms with Gasteiger partial charge in [0, 0.05) is 27.5 Å². The van der Waals surface area contributed by atoms with Crippen molar-refractivity contribution in [3.05, 3.63) is 51.5 Å². The molecule has 1 aliphatic carbocycles. The van der Waals surface area contributed by atoms with Crippen molar-refractivity contribution in [1.29, 1.82) is 0 Å². The maximum absolute atomic E-state index is 12.5. The lowest BCUT2D eigenvalue weighted by Gasteiger charge is -2.20. The van der Waals surface area contributed by atoms with Gasteiger partial charge in [-0.05, 0) is 39.9 Å². The van der Waals surface area contributed by atoms with E-state index >= 15 is 0 Å². The first-order chi connectivity index (χ1) is 11.6. The molecule has 0 saturated heterocycles. The van der Waals surface area contributed by atoms with E-state index in [1.54, 1.807) is 6.07 Å². The smallest absolute Gasteiger partial charge is 0.228 e. The van der Waals surface area contributed by atoms with Gasteiger partial charge in [-0.25, -0.2) is 0 Å². The third kappa shape index (κ3) is 2.98. The number of fused-ring (bicyclic) bond motifs is 1. The molecule has 1 heterocycles. The average molecular weight is 409 g/mol. The number of amides is 1. The largest absolute Gasteiger partial charge is 0.486 e. The normalized spacial score (nSPS) is 21.2. The van der Waals surface area contributed by atoms with E-state index in [4.69, 9.17) is 21.1 Å². The predicted octanol–water partition coefficient (Wildman–Crippen LogP) is 4.62. The molecular weight excluding hydrogens is 394 g/mol. The second-order valence-corrected chi connectivity index (χ2v) is 7.20. The zero-order chi connectivity index (χ0) is 16.7. The molecule has 0 aromatic heterocycles. The highest BCUT2D eigenvalue weighted by molar-refractivity contribution is 9.10. The minimum Gasteiger partial charge on any atom is -0.486 e. The Bertz CT molecular complexity index is 811. The number of benzene rings is 2. The van der Waals surface area contributed by atoms with E-state index in [-0.39, 0.29) is 17.7 Å². The summed E-state index contributed by atoms with van der Waals surface area (Å²) in [7, 11) is 0. The monoisotopic (exact) mass is 407 g/mol. The Morgan fingerprint density at radius 3 is 2.62 bits per heavy atom. The first-order valence-electron chi connectivity index (χ1n) is 7.78. The molecule has 1 amide bonds. The molecule has 4 nitrogen and oxygen atoms in total. The van der Waals surface area contributed by atoms with Crippen LogP contribution in [0.3, 0.4) is 0 Å². The average Bonchev–Trinajstić information content (AvgIpc) is 3.36. The van der Waals surface area contributed by atoms with E-state index in [2.05, 4.69) is 21.2 Å². The summed E-state index contributed by atoms with van der Waals surface area (Å²) in [6, 6.07) is 11.3. The number of ether oxygens (including phenoxy) is 2. The SMILES string of the molecule is O=C(Nc1cc2c(cc1Br)OCCO2)C1CC1c1ccccc1Cl. The van der Waals surface area contributed by atoms with Gasteiger partial charge in [0.05, 0.1) is 5.69 Å². The van der Waals surface area contributed by atoms with E-state index in [1.165, 1.54) is 0 Å². The topological polar surface area (TPSA) is 47.6 Å². The van der Waals surface area contributed by atoms with Crippen LogP contribution in [0, 0.1) is 5.92 Å². The first kappa shape index (κ1) is 15.8. The summed E-state index contributed by atoms with van der Waals surface area (Å²) in [5.74, 6) is 1.47. The zero-order valence-corrected chi connectivity index (χ0v) is 15.1. The number of rotatable bonds is 3. The van der Waals surface area contributed by atoms with Crippen LogP contribution >= 0.6 is 27.5 Å². The second kappa shape index (κ2) is 6.30. The molecule has 2 aliphatic rings. The van der Waals surface area contributed by atoms with E-state index in [0.717, 1.165) is 21.5 Å². The number of halogens is 2. The van der Waals surface area contributed by atoms with Crippen LogP contribution < -0.4 is 14.8 Å². The third-order valence-electron chi connectivity index (χ3n) is 4.32. The van der Waals surface area contributed by atoms with Crippen LogP contribution in [-0.2, 0) is 4.79 Å². The summed E-state index contributed by atoms with van der Waals surface area (Å²) in [5, 5.41) is 3.70. The Morgan fingerprint density at radius 2 is 1.88 bits per heavy atom. The highest BCUT2D eigenvalue weighted by Crippen LogP contribution is 2.50. The maximum Gasteiger partial charge on any atom is 0.228 e. The summed E-state index contributed by atoms with van der Waals surface area (Å²) in [6.45, 7) is 1.05. The Hall–Kier alpha value is -1.72. The van der Waals surface area contributed by atoms with Gasteiger partial charge < -0.3 is 14.8 Å². The molecule has 2 unspecified atom stereocenters. The third-order valence-corrected chi connectivity index (χ3v) is 5.32. The minimum absolute atomic E-state index is 0.00250. The van der Waals surface area contributed by atoms with Crippen molar-refractivity contribution >= 4 is 39.1 Å². The van der Waals surface area contributed by atoms with Crippen molar-refractivity contribution in [3.63, 3.8) is 0 Å². The molecule has 2 atom stereocenters. The van der Waals surface area contributed by atoms with E-state index < -0.39 is 0 Å². The fourth-order valence-electron chi connectivity index (χ4n) is 2.99. The summed E-state index contributed by atoms with van der Waals surface area (Å²) < 4.78 is 11.9. The molecule has 1 N–H and O–H groups in total. The highest BCUT2D eigenvalue weighted by Gasteiger charge is 2.44. The Kier molecular flexibility index (Phi) is 4.14. The van der Waals surface area contributed by atoms with Crippen molar-refractivity contribution < 1.29 is 14.3 Å². The first-order valence-corrected chi connectivity index (χ1v) is 8.95. The van der Waals surface area contributed by atoms with Crippen molar-refractivity contribution in [2.75, 3.05) is 18.5 Å². The molecule has 24 heavy (non-hydrogen) atoms. The van der Waals surface area contributed by atoms with Gasteiger partial charge in [-0.3, -0.25) is 4.79 Å². The van der Waals surface area contributed by atoms with Gasteiger partial charge in [-0.1, -0.05) is 29.8 Å². The van der Waals surface area contributed by atoms with Gasteiger partial charge in [0.2, 0.25) is 5.91 Å². The van der Waals surface area contributed by atoms with Gasteiger partial charge in [0.15, 0.2) is 11.5 Å². The molecule has 124 valence electrons. The minimum atomic E-state index is -0.0509. The molecule has 1 fully saturated rings. The summed E-state index contributed by atoms with van der Waals surface area (Å²) in [4.78, 5) is 12.5. The summed E-state index contributed by atoms with van der Waals surface area (Å²) in [6.07, 6.45) is 0.817. The van der Waals surface area contributed by atoms with E-state index in [0.29, 0.717) is 30.4 Å². The van der Waals surface area contributed by atoms with Gasteiger partial charge in [-0.15, -0.1) is 0 Å². The summed E-state index contributed by atoms with van der Waals surface area (Å²) >= 11 is 9.70. The maximum atomic E-state index is 12.5. The molecular formula is C18H15BrClNO3. The van der Waals surface area contributed by atoms with Crippen LogP contribution in [0.1, 0.15) is 17.9 Å². The number of anilines is 1. The second-order valence-electron chi connectivity index (χ2n) is 5.94. The molecule has 2 aromatic rings. The molecule has 1 aliphatic heterocycles. The molecule has 4 rings (SSSR count). The standard InChI is InChI=1S/C18H15BrClNO3/c19-13-8-16-17(24-6-5-23-16)9-15(13)21-18(22)12-7-11(12)10-3-1-2-4-14(10)20/h1-4,8-9,11-12H,5-7H2,(H,21,22). The lowest BCUT2D eigenvalue weighted by molar-refractivity contribution is -0.117. The summed E-state index contributed by atoms with van der Waals surface area (Å²) in [5.41, 5.74) is 1.73. The van der Waals surface area contributed by atoms with Gasteiger partial charge in [0.1, 0.15) is 13.2 Å². The van der Waals surface area contributed by atoms with Crippen LogP contribution in [0.5, 0.6) is 11.5 Å². The number of carbonyl (C=O) groups excluding carboxylic acids is 1. The number of nitrogens with one attached hydrogen (secondary N) is 1. The van der Waals surface area contributed by atoms with Crippen LogP contribution in [0.4, 0.5) is 5.69 Å². The van der Waals surface area contributed by atoms with Crippen molar-refractivity contribution in [2.24, 2.45) is 5.92 Å². The molecule has 6 heteroatoms. The Balaban J connectivity index is 1.49. The van der Waals surface area contributed by atoms with Crippen molar-refractivity contribution in [1.82, 2.24) is 0 Å². The molecule has 2 aromatic carbocycles. The number of hydrogen-bond acceptors (Lipinski definition) is 3. The predicted molar refractivity (Wildman–Crippen MR) is 96.1 cm³/mol. The molecule has 0 radical (unpaired) electrons. The lowest BCUT2D eigenvalue weighted by atomic mass is 10.1. The van der Waals surface area contributed by atoms with Gasteiger partial charge in [-0.2, -0.15) is 0 Å². The molecule has 0 spiro atoms. The van der Waals surface area contributed by atoms with Crippen LogP contribution in [0.15, 0.2) is 40.9 Å². The Morgan fingerprint density at radius 1 is 1.17 bits per heavy atom. The fourth-order valence-corrected chi connectivity index (χ4v) is 3.69. The zero-order valence-electron chi connectivity index (χ0n) is 12.7. The quantitative estimate of drug-likeness (QED) is 0.806. The van der Waals surface area contributed by atoms with Crippen LogP contribution in [0.2, 0.25) is 5.02 Å². The number of hydrogen-bond donors (Lipinski definition) is 1. The van der Waals surface area contributed by atoms with Crippen molar-refractivity contribution in [2.45, 2.75) is 12.3 Å². The Labute approximate surface area is 153 Å². The number of carbonyl (C=O) groups is 1. The van der Waals surface area contributed by atoms with Crippen LogP contribution in [0.25, 0.3) is 0 Å².